The minimum atomic E-state index is -0.363. The van der Waals surface area contributed by atoms with E-state index in [0.29, 0.717) is 24.5 Å². The summed E-state index contributed by atoms with van der Waals surface area (Å²) in [5, 5.41) is 8.02. The summed E-state index contributed by atoms with van der Waals surface area (Å²) in [5.41, 5.74) is 4.81. The minimum Gasteiger partial charge on any atom is -0.299 e. The monoisotopic (exact) mass is 431 g/mol. The zero-order valence-corrected chi connectivity index (χ0v) is 20.1. The van der Waals surface area contributed by atoms with Crippen molar-refractivity contribution in [3.05, 3.63) is 72.3 Å². The fourth-order valence-electron chi connectivity index (χ4n) is 3.56. The lowest BCUT2D eigenvalue weighted by Crippen LogP contribution is -2.15. The van der Waals surface area contributed by atoms with Crippen LogP contribution in [0.1, 0.15) is 65.4 Å². The number of carbonyl (C=O) groups excluding carboxylic acids is 2. The molecule has 0 aliphatic heterocycles. The molecule has 0 radical (unpaired) electrons. The van der Waals surface area contributed by atoms with Crippen LogP contribution in [-0.4, -0.2) is 11.6 Å². The van der Waals surface area contributed by atoms with Crippen LogP contribution < -0.4 is 0 Å². The van der Waals surface area contributed by atoms with Gasteiger partial charge in [0.2, 0.25) is 5.78 Å². The first kappa shape index (κ1) is 27.0. The number of hydrogen-bond acceptors (Lipinski definition) is 3. The molecule has 0 saturated heterocycles. The van der Waals surface area contributed by atoms with Crippen LogP contribution in [0.25, 0.3) is 11.1 Å². The van der Waals surface area contributed by atoms with Crippen LogP contribution in [0.4, 0.5) is 0 Å². The lowest BCUT2D eigenvalue weighted by Gasteiger charge is -2.16. The number of Topliss-reactive ketones (excluding diaryl/α,β-unsaturated/α-hetero) is 2. The van der Waals surface area contributed by atoms with Crippen LogP contribution in [0.2, 0.25) is 0 Å². The van der Waals surface area contributed by atoms with E-state index in [1.54, 1.807) is 6.07 Å². The van der Waals surface area contributed by atoms with E-state index < -0.39 is 0 Å². The van der Waals surface area contributed by atoms with Gasteiger partial charge in [0.25, 0.3) is 0 Å². The summed E-state index contributed by atoms with van der Waals surface area (Å²) < 4.78 is 0. The first-order valence-corrected chi connectivity index (χ1v) is 11.5. The van der Waals surface area contributed by atoms with Gasteiger partial charge in [-0.05, 0) is 55.2 Å². The molecule has 2 aromatic carbocycles. The minimum absolute atomic E-state index is 0.188. The second-order valence-corrected chi connectivity index (χ2v) is 8.72. The highest BCUT2D eigenvalue weighted by molar-refractivity contribution is 5.93. The molecule has 170 valence electrons. The topological polar surface area (TPSA) is 57.9 Å². The van der Waals surface area contributed by atoms with E-state index in [4.69, 9.17) is 5.26 Å². The zero-order valence-electron chi connectivity index (χ0n) is 20.1. The first-order chi connectivity index (χ1) is 15.3. The van der Waals surface area contributed by atoms with Crippen molar-refractivity contribution in [3.8, 4) is 17.2 Å². The van der Waals surface area contributed by atoms with Gasteiger partial charge in [-0.2, -0.15) is 5.26 Å². The van der Waals surface area contributed by atoms with Crippen molar-refractivity contribution in [2.24, 2.45) is 11.8 Å². The molecule has 2 atom stereocenters. The van der Waals surface area contributed by atoms with Crippen LogP contribution in [0.3, 0.4) is 0 Å². The van der Waals surface area contributed by atoms with Gasteiger partial charge in [-0.3, -0.25) is 9.59 Å². The maximum absolute atomic E-state index is 11.9. The molecule has 0 aliphatic rings. The second kappa shape index (κ2) is 14.9. The molecule has 32 heavy (non-hydrogen) atoms. The number of hydrogen-bond donors (Lipinski definition) is 0. The van der Waals surface area contributed by atoms with E-state index in [1.807, 2.05) is 13.0 Å². The number of nitriles is 1. The summed E-state index contributed by atoms with van der Waals surface area (Å²) >= 11 is 0. The molecular formula is C29H37NO2. The van der Waals surface area contributed by atoms with Crippen molar-refractivity contribution in [3.63, 3.8) is 0 Å². The van der Waals surface area contributed by atoms with Crippen LogP contribution in [0.5, 0.6) is 0 Å². The van der Waals surface area contributed by atoms with Gasteiger partial charge in [-0.15, -0.1) is 6.58 Å². The molecule has 0 saturated carbocycles. The average molecular weight is 432 g/mol. The molecule has 3 heteroatoms. The SMILES string of the molecule is C=C(C)CCC(=O)C#N.CCCC(=O)[C@H](C)CC(C)Cc1ccc(-c2ccccc2)cc1. The largest absolute Gasteiger partial charge is 0.299 e. The number of carbonyl (C=O) groups is 2. The molecule has 0 aliphatic carbocycles. The fraction of sp³-hybridized carbons (Fsp3) is 0.414. The highest BCUT2D eigenvalue weighted by Gasteiger charge is 2.15. The lowest BCUT2D eigenvalue weighted by molar-refractivity contribution is -0.122. The molecule has 3 nitrogen and oxygen atoms in total. The van der Waals surface area contributed by atoms with Crippen molar-refractivity contribution in [2.75, 3.05) is 0 Å². The second-order valence-electron chi connectivity index (χ2n) is 8.72. The van der Waals surface area contributed by atoms with Crippen molar-refractivity contribution in [1.82, 2.24) is 0 Å². The highest BCUT2D eigenvalue weighted by Crippen LogP contribution is 2.22. The van der Waals surface area contributed by atoms with Crippen LogP contribution >= 0.6 is 0 Å². The maximum Gasteiger partial charge on any atom is 0.232 e. The molecule has 1 unspecified atom stereocenters. The van der Waals surface area contributed by atoms with E-state index in [-0.39, 0.29) is 11.7 Å². The van der Waals surface area contributed by atoms with Crippen LogP contribution in [-0.2, 0) is 16.0 Å². The molecular weight excluding hydrogens is 394 g/mol. The van der Waals surface area contributed by atoms with Crippen LogP contribution in [0.15, 0.2) is 66.7 Å². The number of allylic oxidation sites excluding steroid dienone is 1. The van der Waals surface area contributed by atoms with Crippen molar-refractivity contribution < 1.29 is 9.59 Å². The summed E-state index contributed by atoms with van der Waals surface area (Å²) in [6.45, 7) is 11.8. The van der Waals surface area contributed by atoms with Gasteiger partial charge in [0.15, 0.2) is 0 Å². The van der Waals surface area contributed by atoms with Crippen LogP contribution in [0, 0.1) is 23.2 Å². The molecule has 2 rings (SSSR count). The van der Waals surface area contributed by atoms with Gasteiger partial charge in [-0.1, -0.05) is 80.9 Å². The number of benzene rings is 2. The average Bonchev–Trinajstić information content (AvgIpc) is 2.79. The Morgan fingerprint density at radius 3 is 2.06 bits per heavy atom. The third-order valence-corrected chi connectivity index (χ3v) is 5.35. The molecule has 0 amide bonds. The van der Waals surface area contributed by atoms with Crippen molar-refractivity contribution in [2.45, 2.75) is 66.2 Å². The maximum atomic E-state index is 11.9. The molecule has 0 spiro atoms. The summed E-state index contributed by atoms with van der Waals surface area (Å²) in [6.07, 6.45) is 4.65. The Morgan fingerprint density at radius 1 is 0.938 bits per heavy atom. The Labute approximate surface area is 194 Å². The molecule has 2 aromatic rings. The predicted octanol–water partition coefficient (Wildman–Crippen LogP) is 7.36. The van der Waals surface area contributed by atoms with Crippen molar-refractivity contribution in [1.29, 1.82) is 5.26 Å². The quantitative estimate of drug-likeness (QED) is 0.276. The molecule has 0 fully saturated rings. The Kier molecular flexibility index (Phi) is 12.6. The molecule has 0 aromatic heterocycles. The van der Waals surface area contributed by atoms with E-state index in [2.05, 4.69) is 75.9 Å². The predicted molar refractivity (Wildman–Crippen MR) is 133 cm³/mol. The van der Waals surface area contributed by atoms with E-state index in [1.165, 1.54) is 16.7 Å². The molecule has 0 heterocycles. The smallest absolute Gasteiger partial charge is 0.232 e. The Balaban J connectivity index is 0.000000482. The Bertz CT molecular complexity index is 891. The van der Waals surface area contributed by atoms with Crippen molar-refractivity contribution >= 4 is 11.6 Å². The number of ketones is 2. The summed E-state index contributed by atoms with van der Waals surface area (Å²) in [4.78, 5) is 22.2. The van der Waals surface area contributed by atoms with Gasteiger partial charge >= 0.3 is 0 Å². The van der Waals surface area contributed by atoms with E-state index >= 15 is 0 Å². The standard InChI is InChI=1S/C22H28O.C7H9NO/c1-4-8-22(23)18(3)15-17(2)16-19-11-13-21(14-12-19)20-9-6-5-7-10-20;1-6(2)3-4-7(9)5-8/h5-7,9-14,17-18H,4,8,15-16H2,1-3H3;1,3-4H2,2H3/t17?,18-;/m1./s1. The summed E-state index contributed by atoms with van der Waals surface area (Å²) in [5.74, 6) is 0.777. The Hall–Kier alpha value is -2.99. The molecule has 0 bridgehead atoms. The number of nitrogens with zero attached hydrogens (tertiary/aromatic N) is 1. The van der Waals surface area contributed by atoms with Gasteiger partial charge < -0.3 is 0 Å². The zero-order chi connectivity index (χ0) is 23.9. The lowest BCUT2D eigenvalue weighted by atomic mass is 9.88. The van der Waals surface area contributed by atoms with E-state index in [9.17, 15) is 9.59 Å². The number of rotatable bonds is 11. The van der Waals surface area contributed by atoms with Gasteiger partial charge in [0, 0.05) is 18.8 Å². The van der Waals surface area contributed by atoms with Gasteiger partial charge in [-0.25, -0.2) is 0 Å². The summed E-state index contributed by atoms with van der Waals surface area (Å²) in [7, 11) is 0. The van der Waals surface area contributed by atoms with Gasteiger partial charge in [0.1, 0.15) is 11.9 Å². The molecule has 0 N–H and O–H groups in total. The Morgan fingerprint density at radius 2 is 1.53 bits per heavy atom. The van der Waals surface area contributed by atoms with E-state index in [0.717, 1.165) is 31.3 Å². The highest BCUT2D eigenvalue weighted by atomic mass is 16.1. The third-order valence-electron chi connectivity index (χ3n) is 5.35. The third kappa shape index (κ3) is 10.9. The first-order valence-electron chi connectivity index (χ1n) is 11.5. The summed E-state index contributed by atoms with van der Waals surface area (Å²) in [6, 6.07) is 20.8. The normalized spacial score (nSPS) is 12.0. The fourth-order valence-corrected chi connectivity index (χ4v) is 3.56. The van der Waals surface area contributed by atoms with Gasteiger partial charge in [0.05, 0.1) is 0 Å².